The Hall–Kier alpha value is -1.27. The number of allylic oxidation sites excluding steroid dienone is 1. The molecule has 2 heterocycles. The third-order valence-electron chi connectivity index (χ3n) is 18.0. The van der Waals surface area contributed by atoms with Crippen LogP contribution in [0.2, 0.25) is 0 Å². The van der Waals surface area contributed by atoms with Crippen molar-refractivity contribution in [1.29, 1.82) is 0 Å². The molecule has 0 spiro atoms. The van der Waals surface area contributed by atoms with E-state index < -0.39 is 86.8 Å². The van der Waals surface area contributed by atoms with Crippen LogP contribution in [0.3, 0.4) is 0 Å². The smallest absolute Gasteiger partial charge is 0.220 e. The van der Waals surface area contributed by atoms with Gasteiger partial charge in [-0.1, -0.05) is 321 Å². The van der Waals surface area contributed by atoms with E-state index in [4.69, 9.17) is 18.9 Å². The lowest BCUT2D eigenvalue weighted by molar-refractivity contribution is -0.359. The molecule has 2 rings (SSSR count). The van der Waals surface area contributed by atoms with Crippen molar-refractivity contribution in [2.45, 2.75) is 408 Å². The van der Waals surface area contributed by atoms with Crippen molar-refractivity contribution in [2.24, 2.45) is 0 Å². The summed E-state index contributed by atoms with van der Waals surface area (Å²) in [6.07, 6.45) is 51.6. The molecule has 14 heteroatoms. The SMILES string of the molecule is CCCCCCCCCCCCCC/C=C/[C@@H](O)[C@H](CO[C@@H]1O[C@H](CO)[C@@H](O[C@@H]2O[C@H](CO)[C@H](O)C(O)C2O)C(O)C1O)NC(=O)CCCCCCCCCCCCCCCCCCCCCCCCCCCCCCCCCCCCCC. The first-order valence-electron chi connectivity index (χ1n) is 35.9. The van der Waals surface area contributed by atoms with Crippen LogP contribution in [0.25, 0.3) is 0 Å². The van der Waals surface area contributed by atoms with E-state index in [1.807, 2.05) is 6.08 Å². The molecule has 0 bridgehead atoms. The Morgan fingerprint density at radius 1 is 0.417 bits per heavy atom. The van der Waals surface area contributed by atoms with Crippen LogP contribution in [-0.2, 0) is 23.7 Å². The van der Waals surface area contributed by atoms with Gasteiger partial charge in [0.2, 0.25) is 5.91 Å². The van der Waals surface area contributed by atoms with Gasteiger partial charge in [0, 0.05) is 6.42 Å². The molecular weight excluding hydrogens is 1060 g/mol. The predicted octanol–water partition coefficient (Wildman–Crippen LogP) is 14.6. The molecule has 4 unspecified atom stereocenters. The third kappa shape index (κ3) is 39.7. The van der Waals surface area contributed by atoms with Gasteiger partial charge in [-0.05, 0) is 19.3 Å². The van der Waals surface area contributed by atoms with Gasteiger partial charge < -0.3 is 65.1 Å². The molecule has 0 saturated carbocycles. The number of hydrogen-bond acceptors (Lipinski definition) is 13. The van der Waals surface area contributed by atoms with Crippen molar-refractivity contribution in [3.8, 4) is 0 Å². The summed E-state index contributed by atoms with van der Waals surface area (Å²) in [5, 5.41) is 87.3. The van der Waals surface area contributed by atoms with E-state index in [2.05, 4.69) is 19.2 Å². The molecule has 12 atom stereocenters. The molecular formula is C70H135NO13. The van der Waals surface area contributed by atoms with Gasteiger partial charge in [-0.3, -0.25) is 4.79 Å². The molecule has 2 saturated heterocycles. The highest BCUT2D eigenvalue weighted by Gasteiger charge is 2.51. The highest BCUT2D eigenvalue weighted by molar-refractivity contribution is 5.76. The number of rotatable bonds is 60. The summed E-state index contributed by atoms with van der Waals surface area (Å²) in [7, 11) is 0. The first-order chi connectivity index (χ1) is 41.1. The quantitative estimate of drug-likeness (QED) is 0.0204. The van der Waals surface area contributed by atoms with Gasteiger partial charge in [-0.15, -0.1) is 0 Å². The maximum Gasteiger partial charge on any atom is 0.220 e. The Balaban J connectivity index is 1.57. The summed E-state index contributed by atoms with van der Waals surface area (Å²) < 4.78 is 22.8. The summed E-state index contributed by atoms with van der Waals surface area (Å²) >= 11 is 0. The van der Waals surface area contributed by atoms with Crippen molar-refractivity contribution in [3.05, 3.63) is 12.2 Å². The van der Waals surface area contributed by atoms with E-state index in [0.29, 0.717) is 6.42 Å². The summed E-state index contributed by atoms with van der Waals surface area (Å²) in [5.74, 6) is -0.232. The Bertz CT molecular complexity index is 1460. The number of carbonyl (C=O) groups is 1. The molecule has 0 aromatic rings. The second kappa shape index (κ2) is 55.8. The Morgan fingerprint density at radius 3 is 1.10 bits per heavy atom. The largest absolute Gasteiger partial charge is 0.394 e. The second-order valence-corrected chi connectivity index (χ2v) is 25.7. The van der Waals surface area contributed by atoms with E-state index in [1.54, 1.807) is 6.08 Å². The molecule has 2 aliphatic rings. The van der Waals surface area contributed by atoms with E-state index >= 15 is 0 Å². The van der Waals surface area contributed by atoms with E-state index in [-0.39, 0.29) is 18.9 Å². The maximum absolute atomic E-state index is 13.3. The van der Waals surface area contributed by atoms with Crippen LogP contribution in [0.5, 0.6) is 0 Å². The summed E-state index contributed by atoms with van der Waals surface area (Å²) in [6.45, 7) is 2.84. The van der Waals surface area contributed by atoms with Crippen molar-refractivity contribution >= 4 is 5.91 Å². The van der Waals surface area contributed by atoms with Gasteiger partial charge in [0.15, 0.2) is 12.6 Å². The van der Waals surface area contributed by atoms with E-state index in [1.165, 1.54) is 270 Å². The van der Waals surface area contributed by atoms with Crippen LogP contribution in [0.4, 0.5) is 0 Å². The number of carbonyl (C=O) groups excluding carboxylic acids is 1. The Kier molecular flexibility index (Phi) is 52.3. The lowest BCUT2D eigenvalue weighted by Crippen LogP contribution is -2.65. The predicted molar refractivity (Wildman–Crippen MR) is 342 cm³/mol. The highest BCUT2D eigenvalue weighted by Crippen LogP contribution is 2.30. The first kappa shape index (κ1) is 78.8. The van der Waals surface area contributed by atoms with Crippen LogP contribution < -0.4 is 5.32 Å². The fraction of sp³-hybridized carbons (Fsp3) is 0.957. The average molecular weight is 1200 g/mol. The van der Waals surface area contributed by atoms with Crippen LogP contribution in [-0.4, -0.2) is 140 Å². The highest BCUT2D eigenvalue weighted by atomic mass is 16.7. The van der Waals surface area contributed by atoms with Crippen LogP contribution in [0.15, 0.2) is 12.2 Å². The second-order valence-electron chi connectivity index (χ2n) is 25.7. The molecule has 0 aromatic carbocycles. The van der Waals surface area contributed by atoms with Crippen LogP contribution in [0.1, 0.15) is 335 Å². The molecule has 1 amide bonds. The first-order valence-corrected chi connectivity index (χ1v) is 35.9. The fourth-order valence-corrected chi connectivity index (χ4v) is 12.2. The summed E-state index contributed by atoms with van der Waals surface area (Å²) in [6, 6.07) is -0.910. The molecule has 9 N–H and O–H groups in total. The minimum absolute atomic E-state index is 0.232. The monoisotopic (exact) mass is 1200 g/mol. The van der Waals surface area contributed by atoms with Gasteiger partial charge >= 0.3 is 0 Å². The molecule has 2 fully saturated rings. The molecule has 84 heavy (non-hydrogen) atoms. The number of aliphatic hydroxyl groups excluding tert-OH is 8. The number of nitrogens with one attached hydrogen (secondary N) is 1. The van der Waals surface area contributed by atoms with Crippen LogP contribution >= 0.6 is 0 Å². The van der Waals surface area contributed by atoms with Crippen molar-refractivity contribution < 1.29 is 64.6 Å². The van der Waals surface area contributed by atoms with E-state index in [0.717, 1.165) is 38.5 Å². The number of unbranched alkanes of at least 4 members (excludes halogenated alkanes) is 47. The van der Waals surface area contributed by atoms with Crippen molar-refractivity contribution in [3.63, 3.8) is 0 Å². The third-order valence-corrected chi connectivity index (χ3v) is 18.0. The van der Waals surface area contributed by atoms with Gasteiger partial charge in [-0.25, -0.2) is 0 Å². The maximum atomic E-state index is 13.3. The van der Waals surface area contributed by atoms with Crippen molar-refractivity contribution in [2.75, 3.05) is 19.8 Å². The molecule has 498 valence electrons. The lowest BCUT2D eigenvalue weighted by Gasteiger charge is -2.46. The zero-order valence-electron chi connectivity index (χ0n) is 54.2. The standard InChI is InChI=1S/C70H135NO13/c1-3-5-7-9-11-13-15-17-19-20-21-22-23-24-25-26-27-28-29-30-31-32-33-34-35-36-37-38-39-40-42-44-46-48-50-52-54-62(75)71-58(59(74)53-51-49-47-45-43-41-18-16-14-12-10-8-6-4-2)57-81-69-67(80)65(78)68(61(56-73)83-69)84-70-66(79)64(77)63(76)60(55-72)82-70/h51,53,58-61,63-70,72-74,76-80H,3-50,52,54-57H2,1-2H3,(H,71,75)/b53-51+/t58-,59+,60+,61+,63-,64?,65?,66?,67?,68+,69+,70-/m0/s1. The molecule has 0 radical (unpaired) electrons. The number of aliphatic hydroxyl groups is 8. The summed E-state index contributed by atoms with van der Waals surface area (Å²) in [4.78, 5) is 13.3. The molecule has 0 aromatic heterocycles. The Morgan fingerprint density at radius 2 is 0.738 bits per heavy atom. The number of hydrogen-bond donors (Lipinski definition) is 9. The number of amides is 1. The van der Waals surface area contributed by atoms with Crippen molar-refractivity contribution in [1.82, 2.24) is 5.32 Å². The summed E-state index contributed by atoms with van der Waals surface area (Å²) in [5.41, 5.74) is 0. The fourth-order valence-electron chi connectivity index (χ4n) is 12.2. The number of ether oxygens (including phenoxy) is 4. The van der Waals surface area contributed by atoms with Gasteiger partial charge in [0.05, 0.1) is 32.0 Å². The minimum atomic E-state index is -1.79. The zero-order chi connectivity index (χ0) is 60.9. The molecule has 0 aliphatic carbocycles. The topological polar surface area (TPSA) is 228 Å². The minimum Gasteiger partial charge on any atom is -0.394 e. The molecule has 2 aliphatic heterocycles. The van der Waals surface area contributed by atoms with Gasteiger partial charge in [0.25, 0.3) is 0 Å². The average Bonchev–Trinajstić information content (AvgIpc) is 3.58. The van der Waals surface area contributed by atoms with Crippen LogP contribution in [0, 0.1) is 0 Å². The van der Waals surface area contributed by atoms with Gasteiger partial charge in [-0.2, -0.15) is 0 Å². The normalized spacial score (nSPS) is 23.6. The Labute approximate surface area is 514 Å². The lowest BCUT2D eigenvalue weighted by atomic mass is 9.97. The zero-order valence-corrected chi connectivity index (χ0v) is 54.2. The van der Waals surface area contributed by atoms with E-state index in [9.17, 15) is 45.6 Å². The molecule has 14 nitrogen and oxygen atoms in total. The van der Waals surface area contributed by atoms with Gasteiger partial charge in [0.1, 0.15) is 48.8 Å².